The summed E-state index contributed by atoms with van der Waals surface area (Å²) in [6, 6.07) is 20.7. The van der Waals surface area contributed by atoms with E-state index in [1.54, 1.807) is 42.5 Å². The number of carbonyl (C=O) groups is 3. The lowest BCUT2D eigenvalue weighted by molar-refractivity contribution is -0.122. The van der Waals surface area contributed by atoms with Crippen molar-refractivity contribution in [2.45, 2.75) is 18.9 Å². The number of anilines is 1. The zero-order chi connectivity index (χ0) is 25.9. The normalized spacial score (nSPS) is 15.3. The number of hydrogen-bond acceptors (Lipinski definition) is 5. The van der Waals surface area contributed by atoms with Crippen molar-refractivity contribution in [1.82, 2.24) is 9.88 Å². The highest BCUT2D eigenvalue weighted by atomic mass is 16.5. The molecule has 1 fully saturated rings. The Hall–Kier alpha value is -4.59. The van der Waals surface area contributed by atoms with Crippen LogP contribution in [-0.2, 0) is 16.0 Å². The summed E-state index contributed by atoms with van der Waals surface area (Å²) in [6.45, 7) is 0.251. The largest absolute Gasteiger partial charge is 0.493 e. The van der Waals surface area contributed by atoms with E-state index in [1.807, 2.05) is 36.5 Å². The van der Waals surface area contributed by atoms with Gasteiger partial charge in [0.2, 0.25) is 5.91 Å². The van der Waals surface area contributed by atoms with Crippen molar-refractivity contribution in [3.63, 3.8) is 0 Å². The highest BCUT2D eigenvalue weighted by Crippen LogP contribution is 2.31. The van der Waals surface area contributed by atoms with Crippen LogP contribution in [0.15, 0.2) is 79.0 Å². The number of para-hydroxylation sites is 2. The number of nitrogens with one attached hydrogen (secondary N) is 1. The van der Waals surface area contributed by atoms with Crippen LogP contribution in [0.1, 0.15) is 22.3 Å². The molecule has 0 radical (unpaired) electrons. The van der Waals surface area contributed by atoms with E-state index in [9.17, 15) is 14.4 Å². The minimum absolute atomic E-state index is 0.0827. The smallest absolute Gasteiger partial charge is 0.257 e. The summed E-state index contributed by atoms with van der Waals surface area (Å²) in [5.74, 6) is -0.208. The maximum absolute atomic E-state index is 13.9. The minimum Gasteiger partial charge on any atom is -0.493 e. The fraction of sp³-hybridized carbons (Fsp3) is 0.207. The molecule has 8 nitrogen and oxygen atoms in total. The first kappa shape index (κ1) is 24.1. The van der Waals surface area contributed by atoms with Crippen LogP contribution in [0.2, 0.25) is 0 Å². The predicted octanol–water partition coefficient (Wildman–Crippen LogP) is 4.20. The van der Waals surface area contributed by atoms with Gasteiger partial charge in [0.1, 0.15) is 6.04 Å². The standard InChI is InChI=1S/C29H27N3O5/c1-36-25-13-12-19(16-26(25)37-2)28(34)31(15-14-20-18-30-23-11-7-6-10-22(20)23)24-17-27(33)32(29(24)35)21-8-4-3-5-9-21/h3-13,16,18,24,30H,14-15,17H2,1-2H3. The number of aromatic nitrogens is 1. The van der Waals surface area contributed by atoms with Gasteiger partial charge >= 0.3 is 0 Å². The Bertz CT molecular complexity index is 1460. The number of aromatic amines is 1. The number of ether oxygens (including phenoxy) is 2. The van der Waals surface area contributed by atoms with Gasteiger partial charge in [0.05, 0.1) is 26.3 Å². The molecule has 0 bridgehead atoms. The lowest BCUT2D eigenvalue weighted by atomic mass is 10.1. The summed E-state index contributed by atoms with van der Waals surface area (Å²) in [5, 5.41) is 1.06. The van der Waals surface area contributed by atoms with Gasteiger partial charge in [-0.25, -0.2) is 4.90 Å². The average molecular weight is 498 g/mol. The summed E-state index contributed by atoms with van der Waals surface area (Å²) < 4.78 is 10.7. The number of imide groups is 1. The topological polar surface area (TPSA) is 91.9 Å². The Balaban J connectivity index is 1.48. The van der Waals surface area contributed by atoms with E-state index in [0.717, 1.165) is 16.5 Å². The molecule has 0 spiro atoms. The van der Waals surface area contributed by atoms with Crippen molar-refractivity contribution in [3.05, 3.63) is 90.1 Å². The first-order valence-electron chi connectivity index (χ1n) is 12.0. The number of carbonyl (C=O) groups excluding carboxylic acids is 3. The van der Waals surface area contributed by atoms with Crippen molar-refractivity contribution in [3.8, 4) is 11.5 Å². The Kier molecular flexibility index (Phi) is 6.64. The van der Waals surface area contributed by atoms with Gasteiger partial charge < -0.3 is 19.4 Å². The Morgan fingerprint density at radius 2 is 1.70 bits per heavy atom. The molecule has 3 aromatic carbocycles. The van der Waals surface area contributed by atoms with Crippen molar-refractivity contribution >= 4 is 34.3 Å². The Morgan fingerprint density at radius 3 is 2.46 bits per heavy atom. The van der Waals surface area contributed by atoms with Gasteiger partial charge in [-0.1, -0.05) is 36.4 Å². The third-order valence-corrected chi connectivity index (χ3v) is 6.70. The highest BCUT2D eigenvalue weighted by Gasteiger charge is 2.44. The maximum Gasteiger partial charge on any atom is 0.257 e. The molecule has 1 aromatic heterocycles. The van der Waals surface area contributed by atoms with E-state index in [4.69, 9.17) is 9.47 Å². The molecule has 4 aromatic rings. The van der Waals surface area contributed by atoms with Crippen molar-refractivity contribution in [2.24, 2.45) is 0 Å². The van der Waals surface area contributed by atoms with Crippen LogP contribution in [0, 0.1) is 0 Å². The summed E-state index contributed by atoms with van der Waals surface area (Å²) in [5.41, 5.74) is 2.86. The number of rotatable bonds is 8. The number of hydrogen-bond donors (Lipinski definition) is 1. The molecule has 37 heavy (non-hydrogen) atoms. The molecule has 5 rings (SSSR count). The van der Waals surface area contributed by atoms with E-state index in [-0.39, 0.29) is 24.8 Å². The van der Waals surface area contributed by atoms with Gasteiger partial charge in [-0.3, -0.25) is 14.4 Å². The number of nitrogens with zero attached hydrogens (tertiary/aromatic N) is 2. The molecular formula is C29H27N3O5. The molecule has 1 unspecified atom stereocenters. The lowest BCUT2D eigenvalue weighted by Crippen LogP contribution is -2.46. The molecule has 1 atom stereocenters. The van der Waals surface area contributed by atoms with Crippen LogP contribution < -0.4 is 14.4 Å². The molecule has 1 N–H and O–H groups in total. The van der Waals surface area contributed by atoms with Crippen molar-refractivity contribution in [2.75, 3.05) is 25.7 Å². The van der Waals surface area contributed by atoms with Crippen LogP contribution in [0.4, 0.5) is 5.69 Å². The van der Waals surface area contributed by atoms with Gasteiger partial charge in [-0.15, -0.1) is 0 Å². The molecule has 8 heteroatoms. The van der Waals surface area contributed by atoms with Gasteiger partial charge in [-0.2, -0.15) is 0 Å². The zero-order valence-corrected chi connectivity index (χ0v) is 20.6. The number of H-pyrrole nitrogens is 1. The van der Waals surface area contributed by atoms with Crippen LogP contribution in [0.5, 0.6) is 11.5 Å². The molecule has 1 aliphatic rings. The van der Waals surface area contributed by atoms with Crippen LogP contribution >= 0.6 is 0 Å². The van der Waals surface area contributed by atoms with Gasteiger partial charge in [0.15, 0.2) is 11.5 Å². The summed E-state index contributed by atoms with van der Waals surface area (Å²) in [4.78, 5) is 46.3. The number of amides is 3. The average Bonchev–Trinajstić information content (AvgIpc) is 3.48. The van der Waals surface area contributed by atoms with E-state index in [1.165, 1.54) is 24.0 Å². The molecule has 0 aliphatic carbocycles. The van der Waals surface area contributed by atoms with Gasteiger partial charge in [0, 0.05) is 29.2 Å². The molecular weight excluding hydrogens is 470 g/mol. The molecule has 1 saturated heterocycles. The fourth-order valence-corrected chi connectivity index (χ4v) is 4.82. The summed E-state index contributed by atoms with van der Waals surface area (Å²) in [7, 11) is 3.02. The molecule has 1 aliphatic heterocycles. The number of benzene rings is 3. The predicted molar refractivity (Wildman–Crippen MR) is 140 cm³/mol. The monoisotopic (exact) mass is 497 g/mol. The molecule has 2 heterocycles. The van der Waals surface area contributed by atoms with E-state index in [2.05, 4.69) is 4.98 Å². The van der Waals surface area contributed by atoms with Crippen LogP contribution in [0.25, 0.3) is 10.9 Å². The quantitative estimate of drug-likeness (QED) is 0.369. The van der Waals surface area contributed by atoms with Crippen LogP contribution in [0.3, 0.4) is 0 Å². The second kappa shape index (κ2) is 10.2. The van der Waals surface area contributed by atoms with E-state index < -0.39 is 11.9 Å². The molecule has 3 amide bonds. The summed E-state index contributed by atoms with van der Waals surface area (Å²) >= 11 is 0. The Labute approximate surface area is 214 Å². The van der Waals surface area contributed by atoms with E-state index >= 15 is 0 Å². The maximum atomic E-state index is 13.9. The van der Waals surface area contributed by atoms with Crippen LogP contribution in [-0.4, -0.2) is 54.4 Å². The third kappa shape index (κ3) is 4.53. The van der Waals surface area contributed by atoms with Crippen molar-refractivity contribution in [1.29, 1.82) is 0 Å². The fourth-order valence-electron chi connectivity index (χ4n) is 4.82. The SMILES string of the molecule is COc1ccc(C(=O)N(CCc2c[nH]c3ccccc23)C2CC(=O)N(c3ccccc3)C2=O)cc1OC. The lowest BCUT2D eigenvalue weighted by Gasteiger charge is -2.28. The second-order valence-corrected chi connectivity index (χ2v) is 8.80. The molecule has 0 saturated carbocycles. The second-order valence-electron chi connectivity index (χ2n) is 8.80. The number of methoxy groups -OCH3 is 2. The third-order valence-electron chi connectivity index (χ3n) is 6.70. The first-order chi connectivity index (χ1) is 18.0. The van der Waals surface area contributed by atoms with E-state index in [0.29, 0.717) is 29.2 Å². The highest BCUT2D eigenvalue weighted by molar-refractivity contribution is 6.23. The first-order valence-corrected chi connectivity index (χ1v) is 12.0. The van der Waals surface area contributed by atoms with Gasteiger partial charge in [-0.05, 0) is 48.4 Å². The zero-order valence-electron chi connectivity index (χ0n) is 20.6. The minimum atomic E-state index is -0.918. The number of fused-ring (bicyclic) bond motifs is 1. The summed E-state index contributed by atoms with van der Waals surface area (Å²) in [6.07, 6.45) is 2.34. The van der Waals surface area contributed by atoms with Crippen molar-refractivity contribution < 1.29 is 23.9 Å². The molecule has 188 valence electrons. The van der Waals surface area contributed by atoms with Gasteiger partial charge in [0.25, 0.3) is 11.8 Å². The Morgan fingerprint density at radius 1 is 0.973 bits per heavy atom.